The fraction of sp³-hybridized carbons (Fsp3) is 0.350. The number of pyridine rings is 1. The number of hydrogen-bond donors (Lipinski definition) is 2. The van der Waals surface area contributed by atoms with E-state index < -0.39 is 11.6 Å². The van der Waals surface area contributed by atoms with Crippen molar-refractivity contribution in [2.75, 3.05) is 19.6 Å². The highest BCUT2D eigenvalue weighted by atomic mass is 16.3. The molecule has 0 spiro atoms. The van der Waals surface area contributed by atoms with Gasteiger partial charge in [-0.1, -0.05) is 12.1 Å². The van der Waals surface area contributed by atoms with Crippen molar-refractivity contribution in [2.45, 2.75) is 18.4 Å². The van der Waals surface area contributed by atoms with Crippen LogP contribution in [0.25, 0.3) is 6.08 Å². The molecule has 2 aliphatic heterocycles. The molecule has 3 amide bonds. The Morgan fingerprint density at radius 2 is 2.07 bits per heavy atom. The Morgan fingerprint density at radius 1 is 1.22 bits per heavy atom. The molecule has 1 unspecified atom stereocenters. The summed E-state index contributed by atoms with van der Waals surface area (Å²) in [7, 11) is 0. The monoisotopic (exact) mass is 366 g/mol. The second-order valence-corrected chi connectivity index (χ2v) is 6.92. The highest BCUT2D eigenvalue weighted by Gasteiger charge is 2.54. The SMILES string of the molecule is O=C1NC(=O)C(c2ccccn2)(C2CCN(C/C=C/c3ccco3)CC2)N1. The lowest BCUT2D eigenvalue weighted by atomic mass is 9.75. The van der Waals surface area contributed by atoms with E-state index in [1.165, 1.54) is 0 Å². The smallest absolute Gasteiger partial charge is 0.322 e. The number of nitrogens with one attached hydrogen (secondary N) is 2. The second kappa shape index (κ2) is 7.36. The Hall–Kier alpha value is -2.93. The van der Waals surface area contributed by atoms with Crippen LogP contribution in [0, 0.1) is 5.92 Å². The number of rotatable bonds is 5. The maximum absolute atomic E-state index is 12.7. The lowest BCUT2D eigenvalue weighted by molar-refractivity contribution is -0.127. The molecule has 7 heteroatoms. The van der Waals surface area contributed by atoms with Gasteiger partial charge in [0, 0.05) is 12.7 Å². The van der Waals surface area contributed by atoms with Crippen LogP contribution in [0.2, 0.25) is 0 Å². The van der Waals surface area contributed by atoms with Gasteiger partial charge in [0.05, 0.1) is 12.0 Å². The van der Waals surface area contributed by atoms with Gasteiger partial charge in [-0.25, -0.2) is 4.79 Å². The molecule has 4 rings (SSSR count). The molecular weight excluding hydrogens is 344 g/mol. The third-order valence-corrected chi connectivity index (χ3v) is 5.35. The van der Waals surface area contributed by atoms with Crippen molar-refractivity contribution in [1.82, 2.24) is 20.5 Å². The van der Waals surface area contributed by atoms with Gasteiger partial charge in [-0.3, -0.25) is 20.0 Å². The number of likely N-dealkylation sites (tertiary alicyclic amines) is 1. The largest absolute Gasteiger partial charge is 0.465 e. The quantitative estimate of drug-likeness (QED) is 0.792. The van der Waals surface area contributed by atoms with Gasteiger partial charge in [0.25, 0.3) is 5.91 Å². The molecule has 2 aliphatic rings. The van der Waals surface area contributed by atoms with E-state index in [4.69, 9.17) is 4.42 Å². The molecule has 1 atom stereocenters. The second-order valence-electron chi connectivity index (χ2n) is 6.92. The molecule has 140 valence electrons. The fourth-order valence-corrected chi connectivity index (χ4v) is 3.99. The number of urea groups is 1. The Bertz CT molecular complexity index is 826. The van der Waals surface area contributed by atoms with Crippen LogP contribution in [-0.4, -0.2) is 41.5 Å². The summed E-state index contributed by atoms with van der Waals surface area (Å²) in [6.45, 7) is 2.53. The summed E-state index contributed by atoms with van der Waals surface area (Å²) in [5.41, 5.74) is -0.474. The number of nitrogens with zero attached hydrogens (tertiary/aromatic N) is 2. The summed E-state index contributed by atoms with van der Waals surface area (Å²) in [6.07, 6.45) is 8.97. The number of carbonyl (C=O) groups is 2. The molecule has 0 bridgehead atoms. The van der Waals surface area contributed by atoms with Gasteiger partial charge in [-0.05, 0) is 62.2 Å². The molecular formula is C20H22N4O3. The van der Waals surface area contributed by atoms with Crippen molar-refractivity contribution >= 4 is 18.0 Å². The van der Waals surface area contributed by atoms with Crippen LogP contribution >= 0.6 is 0 Å². The van der Waals surface area contributed by atoms with E-state index in [1.54, 1.807) is 18.5 Å². The van der Waals surface area contributed by atoms with E-state index in [0.29, 0.717) is 5.69 Å². The standard InChI is InChI=1S/C20H22N4O3/c25-18-20(23-19(26)22-18,17-7-1-2-10-21-17)15-8-12-24(13-9-15)11-3-5-16-6-4-14-27-16/h1-7,10,14-15H,8-9,11-13H2,(H2,22,23,25,26)/b5-3+. The van der Waals surface area contributed by atoms with Gasteiger partial charge in [0.1, 0.15) is 5.76 Å². The van der Waals surface area contributed by atoms with Crippen LogP contribution in [0.3, 0.4) is 0 Å². The van der Waals surface area contributed by atoms with Crippen molar-refractivity contribution in [2.24, 2.45) is 5.92 Å². The zero-order valence-electron chi connectivity index (χ0n) is 14.9. The first kappa shape index (κ1) is 17.5. The van der Waals surface area contributed by atoms with Crippen molar-refractivity contribution < 1.29 is 14.0 Å². The van der Waals surface area contributed by atoms with Crippen molar-refractivity contribution in [3.05, 3.63) is 60.3 Å². The first-order valence-electron chi connectivity index (χ1n) is 9.16. The van der Waals surface area contributed by atoms with Crippen molar-refractivity contribution in [3.8, 4) is 0 Å². The van der Waals surface area contributed by atoms with Gasteiger partial charge in [0.2, 0.25) is 0 Å². The minimum Gasteiger partial charge on any atom is -0.465 e. The molecule has 0 radical (unpaired) electrons. The Kier molecular flexibility index (Phi) is 4.77. The minimum atomic E-state index is -1.07. The molecule has 2 aromatic rings. The average molecular weight is 366 g/mol. The number of furan rings is 1. The van der Waals surface area contributed by atoms with E-state index in [-0.39, 0.29) is 11.8 Å². The molecule has 2 aromatic heterocycles. The maximum Gasteiger partial charge on any atom is 0.322 e. The molecule has 2 saturated heterocycles. The first-order chi connectivity index (χ1) is 13.2. The van der Waals surface area contributed by atoms with Crippen LogP contribution in [-0.2, 0) is 10.3 Å². The highest BCUT2D eigenvalue weighted by molar-refractivity contribution is 6.07. The van der Waals surface area contributed by atoms with Crippen LogP contribution in [0.5, 0.6) is 0 Å². The number of aromatic nitrogens is 1. The summed E-state index contributed by atoms with van der Waals surface area (Å²) in [6, 6.07) is 8.79. The van der Waals surface area contributed by atoms with Gasteiger partial charge < -0.3 is 9.73 Å². The normalized spacial score (nSPS) is 24.3. The topological polar surface area (TPSA) is 87.5 Å². The van der Waals surface area contributed by atoms with Crippen molar-refractivity contribution in [1.29, 1.82) is 0 Å². The number of carbonyl (C=O) groups excluding carboxylic acids is 2. The molecule has 2 N–H and O–H groups in total. The number of piperidine rings is 1. The number of amides is 3. The minimum absolute atomic E-state index is 0.00385. The van der Waals surface area contributed by atoms with E-state index in [9.17, 15) is 9.59 Å². The van der Waals surface area contributed by atoms with Gasteiger partial charge in [-0.2, -0.15) is 0 Å². The summed E-state index contributed by atoms with van der Waals surface area (Å²) < 4.78 is 5.29. The average Bonchev–Trinajstić information content (AvgIpc) is 3.31. The zero-order valence-corrected chi connectivity index (χ0v) is 14.9. The van der Waals surface area contributed by atoms with E-state index in [1.807, 2.05) is 30.3 Å². The third-order valence-electron chi connectivity index (χ3n) is 5.35. The van der Waals surface area contributed by atoms with Crippen molar-refractivity contribution in [3.63, 3.8) is 0 Å². The molecule has 0 aliphatic carbocycles. The molecule has 0 saturated carbocycles. The van der Waals surface area contributed by atoms with E-state index in [2.05, 4.69) is 26.6 Å². The Labute approximate surface area is 157 Å². The van der Waals surface area contributed by atoms with Gasteiger partial charge in [-0.15, -0.1) is 0 Å². The summed E-state index contributed by atoms with van der Waals surface area (Å²) in [5, 5.41) is 5.27. The van der Waals surface area contributed by atoms with Crippen LogP contribution in [0.4, 0.5) is 4.79 Å². The molecule has 27 heavy (non-hydrogen) atoms. The predicted octanol–water partition coefficient (Wildman–Crippen LogP) is 2.13. The van der Waals surface area contributed by atoms with E-state index in [0.717, 1.165) is 38.2 Å². The lowest BCUT2D eigenvalue weighted by Crippen LogP contribution is -2.54. The van der Waals surface area contributed by atoms with Crippen LogP contribution < -0.4 is 10.6 Å². The van der Waals surface area contributed by atoms with Crippen LogP contribution in [0.15, 0.2) is 53.3 Å². The van der Waals surface area contributed by atoms with E-state index >= 15 is 0 Å². The van der Waals surface area contributed by atoms with Gasteiger partial charge >= 0.3 is 6.03 Å². The zero-order chi connectivity index (χ0) is 18.7. The summed E-state index contributed by atoms with van der Waals surface area (Å²) in [4.78, 5) is 31.3. The Balaban J connectivity index is 1.45. The van der Waals surface area contributed by atoms with Gasteiger partial charge in [0.15, 0.2) is 5.54 Å². The van der Waals surface area contributed by atoms with Crippen LogP contribution in [0.1, 0.15) is 24.3 Å². The summed E-state index contributed by atoms with van der Waals surface area (Å²) in [5.74, 6) is 0.538. The first-order valence-corrected chi connectivity index (χ1v) is 9.16. The predicted molar refractivity (Wildman–Crippen MR) is 99.5 cm³/mol. The number of imide groups is 1. The maximum atomic E-state index is 12.7. The Morgan fingerprint density at radius 3 is 2.70 bits per heavy atom. The fourth-order valence-electron chi connectivity index (χ4n) is 3.99. The molecule has 4 heterocycles. The molecule has 0 aromatic carbocycles. The molecule has 7 nitrogen and oxygen atoms in total. The highest BCUT2D eigenvalue weighted by Crippen LogP contribution is 2.38. The third kappa shape index (κ3) is 3.38. The number of hydrogen-bond acceptors (Lipinski definition) is 5. The summed E-state index contributed by atoms with van der Waals surface area (Å²) >= 11 is 0. The lowest BCUT2D eigenvalue weighted by Gasteiger charge is -2.40. The molecule has 2 fully saturated rings.